The molecule has 0 radical (unpaired) electrons. The smallest absolute Gasteiger partial charge is 0.335 e. The first-order chi connectivity index (χ1) is 18.1. The SMILES string of the molecule is CNS(=O)(=O)O[C@@H]1C[C@H](Nc2ncncc2C(=O)c2cc([C@H]3NCCc4ccc(Cl)cc43)c(C)s2)C[C@@H]1O. The number of nitrogens with zero attached hydrogens (tertiary/aromatic N) is 2. The fraction of sp³-hybridized carbons (Fsp3) is 0.400. The minimum Gasteiger partial charge on any atom is -0.390 e. The number of thiophene rings is 1. The summed E-state index contributed by atoms with van der Waals surface area (Å²) in [6.45, 7) is 2.82. The van der Waals surface area contributed by atoms with Crippen LogP contribution in [0.1, 0.15) is 55.7 Å². The quantitative estimate of drug-likeness (QED) is 0.297. The van der Waals surface area contributed by atoms with Crippen molar-refractivity contribution in [2.75, 3.05) is 18.9 Å². The van der Waals surface area contributed by atoms with Gasteiger partial charge in [0.2, 0.25) is 5.78 Å². The van der Waals surface area contributed by atoms with Crippen molar-refractivity contribution in [2.45, 2.75) is 50.5 Å². The highest BCUT2D eigenvalue weighted by Gasteiger charge is 2.37. The predicted molar refractivity (Wildman–Crippen MR) is 145 cm³/mol. The third-order valence-electron chi connectivity index (χ3n) is 6.92. The number of nitrogens with one attached hydrogen (secondary N) is 3. The average Bonchev–Trinajstić information content (AvgIpc) is 3.44. The lowest BCUT2D eigenvalue weighted by Crippen LogP contribution is -2.31. The van der Waals surface area contributed by atoms with Crippen LogP contribution in [0, 0.1) is 6.92 Å². The van der Waals surface area contributed by atoms with Gasteiger partial charge in [-0.2, -0.15) is 13.1 Å². The zero-order chi connectivity index (χ0) is 27.0. The number of aryl methyl sites for hydroxylation is 1. The lowest BCUT2D eigenvalue weighted by Gasteiger charge is -2.27. The monoisotopic (exact) mass is 577 g/mol. The number of rotatable bonds is 8. The van der Waals surface area contributed by atoms with Crippen molar-refractivity contribution < 1.29 is 22.5 Å². The molecule has 0 spiro atoms. The molecule has 0 unspecified atom stereocenters. The molecule has 1 fully saturated rings. The van der Waals surface area contributed by atoms with Crippen LogP contribution in [-0.2, 0) is 20.9 Å². The fourth-order valence-corrected chi connectivity index (χ4v) is 6.86. The summed E-state index contributed by atoms with van der Waals surface area (Å²) in [5.41, 5.74) is 3.67. The van der Waals surface area contributed by atoms with E-state index in [1.165, 1.54) is 36.5 Å². The minimum atomic E-state index is -3.95. The van der Waals surface area contributed by atoms with Gasteiger partial charge in [-0.25, -0.2) is 9.97 Å². The molecule has 0 amide bonds. The van der Waals surface area contributed by atoms with Crippen LogP contribution in [0.4, 0.5) is 5.82 Å². The number of hydrogen-bond acceptors (Lipinski definition) is 10. The van der Waals surface area contributed by atoms with Gasteiger partial charge in [-0.05, 0) is 61.1 Å². The third-order valence-corrected chi connectivity index (χ3v) is 9.22. The third kappa shape index (κ3) is 5.62. The number of halogens is 1. The summed E-state index contributed by atoms with van der Waals surface area (Å²) in [7, 11) is -2.71. The van der Waals surface area contributed by atoms with Gasteiger partial charge in [0.05, 0.1) is 22.6 Å². The van der Waals surface area contributed by atoms with Gasteiger partial charge in [0.15, 0.2) is 0 Å². The number of aromatic nitrogens is 2. The van der Waals surface area contributed by atoms with Gasteiger partial charge >= 0.3 is 10.3 Å². The summed E-state index contributed by atoms with van der Waals surface area (Å²) < 4.78 is 30.6. The largest absolute Gasteiger partial charge is 0.390 e. The fourth-order valence-electron chi connectivity index (χ4n) is 5.04. The van der Waals surface area contributed by atoms with Crippen LogP contribution in [0.15, 0.2) is 36.8 Å². The van der Waals surface area contributed by atoms with E-state index >= 15 is 0 Å². The minimum absolute atomic E-state index is 0.0642. The normalized spacial score (nSPS) is 23.3. The molecule has 3 heterocycles. The first-order valence-electron chi connectivity index (χ1n) is 12.2. The highest BCUT2D eigenvalue weighted by molar-refractivity contribution is 7.84. The molecular formula is C25H28ClN5O5S2. The first-order valence-corrected chi connectivity index (χ1v) is 14.8. The van der Waals surface area contributed by atoms with E-state index in [0.717, 1.165) is 29.0 Å². The molecule has 0 bridgehead atoms. The Morgan fingerprint density at radius 1 is 1.26 bits per heavy atom. The van der Waals surface area contributed by atoms with E-state index in [-0.39, 0.29) is 30.7 Å². The molecule has 4 atom stereocenters. The molecule has 38 heavy (non-hydrogen) atoms. The lowest BCUT2D eigenvalue weighted by atomic mass is 9.90. The van der Waals surface area contributed by atoms with E-state index in [9.17, 15) is 18.3 Å². The standard InChI is InChI=1S/C25H28ClN5O5S2/c1-13-17(23-18-7-15(26)4-3-14(18)5-6-29-23)10-22(37-13)24(33)19-11-28-12-30-25(19)31-16-8-20(32)21(9-16)36-38(34,35)27-2/h3-4,7,10-12,16,20-21,23,27,29,32H,5-6,8-9H2,1-2H3,(H,28,30,31)/t16-,20+,21-,23-/m1/s1. The van der Waals surface area contributed by atoms with Gasteiger partial charge in [0.25, 0.3) is 0 Å². The van der Waals surface area contributed by atoms with Crippen LogP contribution in [0.2, 0.25) is 5.02 Å². The van der Waals surface area contributed by atoms with Gasteiger partial charge < -0.3 is 15.7 Å². The molecule has 1 saturated carbocycles. The van der Waals surface area contributed by atoms with E-state index in [1.807, 2.05) is 25.1 Å². The molecule has 2 aliphatic rings. The Balaban J connectivity index is 1.37. The van der Waals surface area contributed by atoms with Crippen LogP contribution >= 0.6 is 22.9 Å². The van der Waals surface area contributed by atoms with Crippen molar-refractivity contribution >= 4 is 44.8 Å². The van der Waals surface area contributed by atoms with Gasteiger partial charge in [-0.15, -0.1) is 11.3 Å². The summed E-state index contributed by atoms with van der Waals surface area (Å²) in [6, 6.07) is 7.44. The molecule has 1 aromatic carbocycles. The van der Waals surface area contributed by atoms with Crippen LogP contribution in [0.3, 0.4) is 0 Å². The van der Waals surface area contributed by atoms with Crippen molar-refractivity contribution in [3.8, 4) is 0 Å². The molecule has 0 saturated heterocycles. The molecule has 1 aliphatic carbocycles. The summed E-state index contributed by atoms with van der Waals surface area (Å²) in [6.07, 6.45) is 2.27. The molecule has 10 nitrogen and oxygen atoms in total. The maximum Gasteiger partial charge on any atom is 0.335 e. The van der Waals surface area contributed by atoms with Crippen LogP contribution in [-0.4, -0.2) is 61.1 Å². The summed E-state index contributed by atoms with van der Waals surface area (Å²) in [4.78, 5) is 23.5. The Bertz CT molecular complexity index is 1460. The number of carbonyl (C=O) groups is 1. The Labute approximate surface area is 230 Å². The van der Waals surface area contributed by atoms with Gasteiger partial charge in [0.1, 0.15) is 18.2 Å². The van der Waals surface area contributed by atoms with Crippen molar-refractivity contribution in [3.63, 3.8) is 0 Å². The second-order valence-electron chi connectivity index (χ2n) is 9.39. The Morgan fingerprint density at radius 2 is 2.08 bits per heavy atom. The van der Waals surface area contributed by atoms with Crippen molar-refractivity contribution in [1.82, 2.24) is 20.0 Å². The van der Waals surface area contributed by atoms with Crippen molar-refractivity contribution in [3.05, 3.63) is 73.8 Å². The highest BCUT2D eigenvalue weighted by atomic mass is 35.5. The number of ketones is 1. The number of aliphatic hydroxyl groups excluding tert-OH is 1. The Hall–Kier alpha value is -2.45. The number of fused-ring (bicyclic) bond motifs is 1. The van der Waals surface area contributed by atoms with Crippen LogP contribution < -0.4 is 15.4 Å². The number of aliphatic hydroxyl groups is 1. The first kappa shape index (κ1) is 27.1. The zero-order valence-electron chi connectivity index (χ0n) is 20.8. The van der Waals surface area contributed by atoms with Crippen molar-refractivity contribution in [2.24, 2.45) is 0 Å². The highest BCUT2D eigenvalue weighted by Crippen LogP contribution is 2.37. The molecule has 3 aromatic rings. The molecule has 1 aliphatic heterocycles. The van der Waals surface area contributed by atoms with E-state index in [0.29, 0.717) is 21.3 Å². The number of anilines is 1. The van der Waals surface area contributed by atoms with Crippen LogP contribution in [0.25, 0.3) is 0 Å². The number of hydrogen-bond donors (Lipinski definition) is 4. The van der Waals surface area contributed by atoms with E-state index < -0.39 is 22.5 Å². The van der Waals surface area contributed by atoms with E-state index in [2.05, 4.69) is 31.4 Å². The predicted octanol–water partition coefficient (Wildman–Crippen LogP) is 2.75. The maximum atomic E-state index is 13.6. The summed E-state index contributed by atoms with van der Waals surface area (Å²) >= 11 is 7.70. The second-order valence-corrected chi connectivity index (χ2v) is 12.6. The second kappa shape index (κ2) is 11.0. The molecule has 202 valence electrons. The van der Waals surface area contributed by atoms with Gasteiger partial charge in [0, 0.05) is 35.7 Å². The molecule has 2 aromatic heterocycles. The Morgan fingerprint density at radius 3 is 2.87 bits per heavy atom. The van der Waals surface area contributed by atoms with Gasteiger partial charge in [-0.1, -0.05) is 17.7 Å². The molecule has 4 N–H and O–H groups in total. The molecular weight excluding hydrogens is 550 g/mol. The van der Waals surface area contributed by atoms with E-state index in [4.69, 9.17) is 15.8 Å². The topological polar surface area (TPSA) is 143 Å². The summed E-state index contributed by atoms with van der Waals surface area (Å²) in [5, 5.41) is 17.7. The lowest BCUT2D eigenvalue weighted by molar-refractivity contribution is 0.0636. The van der Waals surface area contributed by atoms with Crippen LogP contribution in [0.5, 0.6) is 0 Å². The number of carbonyl (C=O) groups excluding carboxylic acids is 1. The molecule has 13 heteroatoms. The number of benzene rings is 1. The average molecular weight is 578 g/mol. The maximum absolute atomic E-state index is 13.6. The molecule has 5 rings (SSSR count). The van der Waals surface area contributed by atoms with E-state index in [1.54, 1.807) is 0 Å². The summed E-state index contributed by atoms with van der Waals surface area (Å²) in [5.74, 6) is 0.0959. The zero-order valence-corrected chi connectivity index (χ0v) is 23.2. The van der Waals surface area contributed by atoms with Crippen molar-refractivity contribution in [1.29, 1.82) is 0 Å². The Kier molecular flexibility index (Phi) is 7.83. The van der Waals surface area contributed by atoms with Gasteiger partial charge in [-0.3, -0.25) is 8.98 Å².